The Balaban J connectivity index is 2.31. The molecule has 0 spiro atoms. The quantitative estimate of drug-likeness (QED) is 0.537. The number of rotatable bonds is 8. The third-order valence-electron chi connectivity index (χ3n) is 5.71. The topological polar surface area (TPSA) is 79.2 Å². The highest BCUT2D eigenvalue weighted by molar-refractivity contribution is 5.67. The fraction of sp³-hybridized carbons (Fsp3) is 0.360. The minimum Gasteiger partial charge on any atom is -0.494 e. The number of hydrogen-bond acceptors (Lipinski definition) is 4. The fourth-order valence-corrected chi connectivity index (χ4v) is 4.08. The second kappa shape index (κ2) is 10.3. The van der Waals surface area contributed by atoms with Crippen LogP contribution < -0.4 is 21.7 Å². The Morgan fingerprint density at radius 1 is 1.00 bits per heavy atom. The SMILES string of the molecule is COc1cccc(-c2c(C)n(Cc3c(F)cccc3F)c(=O)n(C[C@H](N)CC(C)C)c2=O)c1F. The molecule has 0 unspecified atom stereocenters. The molecule has 34 heavy (non-hydrogen) atoms. The van der Waals surface area contributed by atoms with E-state index in [4.69, 9.17) is 10.5 Å². The van der Waals surface area contributed by atoms with Crippen molar-refractivity contribution in [3.63, 3.8) is 0 Å². The van der Waals surface area contributed by atoms with Crippen LogP contribution in [0, 0.1) is 30.3 Å². The van der Waals surface area contributed by atoms with Crippen LogP contribution in [-0.2, 0) is 13.1 Å². The van der Waals surface area contributed by atoms with Gasteiger partial charge in [0.15, 0.2) is 11.6 Å². The number of nitrogens with zero attached hydrogens (tertiary/aromatic N) is 2. The van der Waals surface area contributed by atoms with Gasteiger partial charge in [-0.05, 0) is 37.5 Å². The van der Waals surface area contributed by atoms with Crippen molar-refractivity contribution < 1.29 is 17.9 Å². The van der Waals surface area contributed by atoms with Crippen molar-refractivity contribution in [3.05, 3.63) is 85.9 Å². The highest BCUT2D eigenvalue weighted by Gasteiger charge is 2.24. The van der Waals surface area contributed by atoms with Crippen LogP contribution in [0.15, 0.2) is 46.0 Å². The highest BCUT2D eigenvalue weighted by Crippen LogP contribution is 2.29. The molecular weight excluding hydrogens is 447 g/mol. The zero-order valence-corrected chi connectivity index (χ0v) is 19.6. The third-order valence-corrected chi connectivity index (χ3v) is 5.71. The largest absolute Gasteiger partial charge is 0.494 e. The molecule has 182 valence electrons. The number of hydrogen-bond donors (Lipinski definition) is 1. The van der Waals surface area contributed by atoms with Gasteiger partial charge in [-0.25, -0.2) is 18.0 Å². The van der Waals surface area contributed by atoms with Gasteiger partial charge >= 0.3 is 5.69 Å². The number of aromatic nitrogens is 2. The van der Waals surface area contributed by atoms with Crippen molar-refractivity contribution in [1.82, 2.24) is 9.13 Å². The third kappa shape index (κ3) is 4.94. The zero-order valence-electron chi connectivity index (χ0n) is 19.6. The Hall–Kier alpha value is -3.33. The van der Waals surface area contributed by atoms with Gasteiger partial charge in [-0.2, -0.15) is 0 Å². The first kappa shape index (κ1) is 25.3. The summed E-state index contributed by atoms with van der Waals surface area (Å²) >= 11 is 0. The minimum atomic E-state index is -0.838. The Bertz CT molecular complexity index is 1290. The summed E-state index contributed by atoms with van der Waals surface area (Å²) in [6, 6.07) is 7.14. The molecular formula is C25H28F3N3O3. The van der Waals surface area contributed by atoms with E-state index in [2.05, 4.69) is 0 Å². The molecule has 3 rings (SSSR count). The van der Waals surface area contributed by atoms with Gasteiger partial charge in [-0.1, -0.05) is 32.0 Å². The molecule has 0 saturated heterocycles. The van der Waals surface area contributed by atoms with E-state index in [1.807, 2.05) is 13.8 Å². The van der Waals surface area contributed by atoms with Gasteiger partial charge in [0.05, 0.1) is 19.2 Å². The molecule has 0 aliphatic heterocycles. The molecule has 2 aromatic carbocycles. The molecule has 0 fully saturated rings. The van der Waals surface area contributed by atoms with Crippen molar-refractivity contribution >= 4 is 0 Å². The van der Waals surface area contributed by atoms with E-state index >= 15 is 4.39 Å². The molecule has 0 aliphatic rings. The Morgan fingerprint density at radius 2 is 1.62 bits per heavy atom. The Kier molecular flexibility index (Phi) is 7.66. The van der Waals surface area contributed by atoms with E-state index in [0.717, 1.165) is 21.3 Å². The van der Waals surface area contributed by atoms with Gasteiger partial charge in [-0.3, -0.25) is 13.9 Å². The zero-order chi connectivity index (χ0) is 25.2. The summed E-state index contributed by atoms with van der Waals surface area (Å²) in [5.41, 5.74) is 4.19. The van der Waals surface area contributed by atoms with Crippen molar-refractivity contribution in [2.45, 2.75) is 46.3 Å². The number of benzene rings is 2. The van der Waals surface area contributed by atoms with Crippen LogP contribution >= 0.6 is 0 Å². The van der Waals surface area contributed by atoms with Crippen LogP contribution in [0.2, 0.25) is 0 Å². The van der Waals surface area contributed by atoms with E-state index in [9.17, 15) is 18.4 Å². The molecule has 0 saturated carbocycles. The lowest BCUT2D eigenvalue weighted by Gasteiger charge is -2.21. The van der Waals surface area contributed by atoms with Crippen molar-refractivity contribution in [3.8, 4) is 16.9 Å². The predicted molar refractivity (Wildman–Crippen MR) is 125 cm³/mol. The predicted octanol–water partition coefficient (Wildman–Crippen LogP) is 3.83. The Labute approximate surface area is 195 Å². The first-order valence-corrected chi connectivity index (χ1v) is 10.9. The maximum atomic E-state index is 15.2. The first-order valence-electron chi connectivity index (χ1n) is 10.9. The summed E-state index contributed by atoms with van der Waals surface area (Å²) in [4.78, 5) is 26.8. The Morgan fingerprint density at radius 3 is 2.21 bits per heavy atom. The molecule has 1 aromatic heterocycles. The first-order chi connectivity index (χ1) is 16.1. The molecule has 3 aromatic rings. The van der Waals surface area contributed by atoms with Crippen LogP contribution in [0.5, 0.6) is 5.75 Å². The molecule has 0 aliphatic carbocycles. The molecule has 2 N–H and O–H groups in total. The normalized spacial score (nSPS) is 12.3. The van der Waals surface area contributed by atoms with Crippen molar-refractivity contribution in [2.75, 3.05) is 7.11 Å². The lowest BCUT2D eigenvalue weighted by molar-refractivity contribution is 0.387. The number of nitrogens with two attached hydrogens (primary N) is 1. The van der Waals surface area contributed by atoms with E-state index < -0.39 is 41.3 Å². The maximum Gasteiger partial charge on any atom is 0.331 e. The molecule has 0 bridgehead atoms. The second-order valence-electron chi connectivity index (χ2n) is 8.66. The molecule has 0 amide bonds. The van der Waals surface area contributed by atoms with E-state index in [0.29, 0.717) is 6.42 Å². The molecule has 6 nitrogen and oxygen atoms in total. The second-order valence-corrected chi connectivity index (χ2v) is 8.66. The highest BCUT2D eigenvalue weighted by atomic mass is 19.1. The van der Waals surface area contributed by atoms with Crippen molar-refractivity contribution in [2.24, 2.45) is 11.7 Å². The van der Waals surface area contributed by atoms with Crippen LogP contribution in [0.25, 0.3) is 11.1 Å². The van der Waals surface area contributed by atoms with Gasteiger partial charge in [0, 0.05) is 29.4 Å². The van der Waals surface area contributed by atoms with E-state index in [1.165, 1.54) is 38.3 Å². The summed E-state index contributed by atoms with van der Waals surface area (Å²) < 4.78 is 51.0. The van der Waals surface area contributed by atoms with Gasteiger partial charge in [0.1, 0.15) is 11.6 Å². The van der Waals surface area contributed by atoms with Crippen LogP contribution in [0.3, 0.4) is 0 Å². The molecule has 0 radical (unpaired) electrons. The molecule has 1 heterocycles. The average Bonchev–Trinajstić information content (AvgIpc) is 2.76. The average molecular weight is 476 g/mol. The standard InChI is InChI=1S/C25H28F3N3O3/c1-14(2)11-16(29)12-31-24(32)22(17-7-5-10-21(34-4)23(17)28)15(3)30(25(31)33)13-18-19(26)8-6-9-20(18)27/h5-10,14,16H,11-13,29H2,1-4H3/t16-/m1/s1. The van der Waals surface area contributed by atoms with Gasteiger partial charge in [0.2, 0.25) is 0 Å². The minimum absolute atomic E-state index is 0.0680. The summed E-state index contributed by atoms with van der Waals surface area (Å²) in [5.74, 6) is -2.34. The molecule has 1 atom stereocenters. The summed E-state index contributed by atoms with van der Waals surface area (Å²) in [6.45, 7) is 4.73. The van der Waals surface area contributed by atoms with E-state index in [1.54, 1.807) is 0 Å². The van der Waals surface area contributed by atoms with Crippen LogP contribution in [0.4, 0.5) is 13.2 Å². The summed E-state index contributed by atoms with van der Waals surface area (Å²) in [6.07, 6.45) is 0.532. The lowest BCUT2D eigenvalue weighted by Crippen LogP contribution is -2.46. The fourth-order valence-electron chi connectivity index (χ4n) is 4.08. The summed E-state index contributed by atoms with van der Waals surface area (Å²) in [7, 11) is 1.29. The number of ether oxygens (including phenoxy) is 1. The van der Waals surface area contributed by atoms with Gasteiger partial charge < -0.3 is 10.5 Å². The molecule has 9 heteroatoms. The monoisotopic (exact) mass is 475 g/mol. The number of halogens is 3. The summed E-state index contributed by atoms with van der Waals surface area (Å²) in [5, 5.41) is 0. The maximum absolute atomic E-state index is 15.2. The van der Waals surface area contributed by atoms with E-state index in [-0.39, 0.29) is 40.6 Å². The van der Waals surface area contributed by atoms with Crippen LogP contribution in [0.1, 0.15) is 31.5 Å². The lowest BCUT2D eigenvalue weighted by atomic mass is 10.0. The number of methoxy groups -OCH3 is 1. The van der Waals surface area contributed by atoms with Gasteiger partial charge in [0.25, 0.3) is 5.56 Å². The van der Waals surface area contributed by atoms with Crippen LogP contribution in [-0.4, -0.2) is 22.3 Å². The van der Waals surface area contributed by atoms with Gasteiger partial charge in [-0.15, -0.1) is 0 Å². The van der Waals surface area contributed by atoms with Crippen molar-refractivity contribution in [1.29, 1.82) is 0 Å². The smallest absolute Gasteiger partial charge is 0.331 e.